The number of ether oxygens (including phenoxy) is 1. The van der Waals surface area contributed by atoms with Crippen LogP contribution in [0.5, 0.6) is 5.75 Å². The van der Waals surface area contributed by atoms with Gasteiger partial charge in [0.05, 0.1) is 6.61 Å². The number of unbranched alkanes of at least 4 members (excludes halogenated alkanes) is 1. The first-order chi connectivity index (χ1) is 8.26. The minimum Gasteiger partial charge on any atom is -0.494 e. The Morgan fingerprint density at radius 3 is 2.71 bits per heavy atom. The first kappa shape index (κ1) is 13.3. The normalized spacial score (nSPS) is 10.5. The van der Waals surface area contributed by atoms with Gasteiger partial charge in [-0.1, -0.05) is 25.5 Å². The average Bonchev–Trinajstić information content (AvgIpc) is 2.37. The van der Waals surface area contributed by atoms with Gasteiger partial charge in [0.25, 0.3) is 5.91 Å². The first-order valence-electron chi connectivity index (χ1n) is 5.61. The summed E-state index contributed by atoms with van der Waals surface area (Å²) in [5, 5.41) is 8.31. The highest BCUT2D eigenvalue weighted by Gasteiger charge is 1.94. The van der Waals surface area contributed by atoms with Gasteiger partial charge in [0.2, 0.25) is 0 Å². The molecule has 2 N–H and O–H groups in total. The number of rotatable bonds is 6. The lowest BCUT2D eigenvalue weighted by atomic mass is 10.2. The van der Waals surface area contributed by atoms with E-state index < -0.39 is 5.91 Å². The number of amides is 1. The molecule has 0 aromatic heterocycles. The van der Waals surface area contributed by atoms with Gasteiger partial charge < -0.3 is 4.74 Å². The third-order valence-corrected chi connectivity index (χ3v) is 2.18. The van der Waals surface area contributed by atoms with E-state index in [9.17, 15) is 4.79 Å². The van der Waals surface area contributed by atoms with Crippen molar-refractivity contribution in [1.29, 1.82) is 0 Å². The molecule has 0 saturated carbocycles. The van der Waals surface area contributed by atoms with E-state index in [0.717, 1.165) is 30.8 Å². The Hall–Kier alpha value is -1.81. The van der Waals surface area contributed by atoms with Crippen LogP contribution in [0.4, 0.5) is 0 Å². The predicted molar refractivity (Wildman–Crippen MR) is 65.8 cm³/mol. The van der Waals surface area contributed by atoms with Crippen molar-refractivity contribution in [3.63, 3.8) is 0 Å². The molecule has 0 fully saturated rings. The van der Waals surface area contributed by atoms with Crippen molar-refractivity contribution >= 4 is 12.0 Å². The smallest absolute Gasteiger partial charge is 0.267 e. The molecule has 0 unspecified atom stereocenters. The van der Waals surface area contributed by atoms with Crippen molar-refractivity contribution < 1.29 is 14.7 Å². The van der Waals surface area contributed by atoms with Crippen molar-refractivity contribution in [1.82, 2.24) is 5.48 Å². The molecule has 0 bridgehead atoms. The third kappa shape index (κ3) is 5.17. The molecule has 0 radical (unpaired) electrons. The van der Waals surface area contributed by atoms with Gasteiger partial charge in [-0.05, 0) is 30.2 Å². The monoisotopic (exact) mass is 235 g/mol. The summed E-state index contributed by atoms with van der Waals surface area (Å²) in [6.07, 6.45) is 5.02. The molecule has 0 atom stereocenters. The number of carbonyl (C=O) groups excluding carboxylic acids is 1. The van der Waals surface area contributed by atoms with Gasteiger partial charge in [-0.25, -0.2) is 5.48 Å². The van der Waals surface area contributed by atoms with E-state index in [2.05, 4.69) is 6.92 Å². The van der Waals surface area contributed by atoms with Gasteiger partial charge in [-0.15, -0.1) is 0 Å². The van der Waals surface area contributed by atoms with Crippen LogP contribution in [0, 0.1) is 0 Å². The second kappa shape index (κ2) is 7.46. The van der Waals surface area contributed by atoms with E-state index in [4.69, 9.17) is 9.94 Å². The molecule has 0 aliphatic heterocycles. The highest BCUT2D eigenvalue weighted by atomic mass is 16.5. The number of hydroxylamine groups is 1. The molecular formula is C13H17NO3. The summed E-state index contributed by atoms with van der Waals surface area (Å²) in [7, 11) is 0. The number of hydrogen-bond acceptors (Lipinski definition) is 3. The summed E-state index contributed by atoms with van der Waals surface area (Å²) in [5.74, 6) is 0.274. The highest BCUT2D eigenvalue weighted by Crippen LogP contribution is 2.13. The maximum atomic E-state index is 10.8. The van der Waals surface area contributed by atoms with Crippen LogP contribution < -0.4 is 10.2 Å². The molecule has 0 spiro atoms. The largest absolute Gasteiger partial charge is 0.494 e. The van der Waals surface area contributed by atoms with Crippen LogP contribution in [0.3, 0.4) is 0 Å². The van der Waals surface area contributed by atoms with Crippen LogP contribution in [-0.4, -0.2) is 17.7 Å². The minimum absolute atomic E-state index is 0.548. The van der Waals surface area contributed by atoms with E-state index in [0.29, 0.717) is 0 Å². The Bertz CT molecular complexity index is 371. The van der Waals surface area contributed by atoms with Crippen molar-refractivity contribution in [2.24, 2.45) is 0 Å². The van der Waals surface area contributed by atoms with E-state index in [1.54, 1.807) is 6.08 Å². The summed E-state index contributed by atoms with van der Waals surface area (Å²) in [6.45, 7) is 2.84. The molecule has 4 heteroatoms. The third-order valence-electron chi connectivity index (χ3n) is 2.18. The zero-order chi connectivity index (χ0) is 12.5. The molecule has 0 aliphatic carbocycles. The second-order valence-electron chi connectivity index (χ2n) is 3.58. The van der Waals surface area contributed by atoms with Gasteiger partial charge in [-0.2, -0.15) is 0 Å². The van der Waals surface area contributed by atoms with Crippen LogP contribution >= 0.6 is 0 Å². The van der Waals surface area contributed by atoms with E-state index in [-0.39, 0.29) is 0 Å². The maximum Gasteiger partial charge on any atom is 0.267 e. The molecule has 0 saturated heterocycles. The van der Waals surface area contributed by atoms with Crippen LogP contribution in [-0.2, 0) is 4.79 Å². The maximum absolute atomic E-state index is 10.8. The van der Waals surface area contributed by atoms with E-state index >= 15 is 0 Å². The van der Waals surface area contributed by atoms with Crippen LogP contribution in [0.15, 0.2) is 30.3 Å². The van der Waals surface area contributed by atoms with Crippen LogP contribution in [0.1, 0.15) is 25.3 Å². The Labute approximate surface area is 101 Å². The average molecular weight is 235 g/mol. The number of benzene rings is 1. The van der Waals surface area contributed by atoms with Gasteiger partial charge >= 0.3 is 0 Å². The Balaban J connectivity index is 2.50. The lowest BCUT2D eigenvalue weighted by molar-refractivity contribution is -0.124. The number of hydrogen-bond donors (Lipinski definition) is 2. The summed E-state index contributed by atoms with van der Waals surface area (Å²) >= 11 is 0. The molecule has 17 heavy (non-hydrogen) atoms. The molecule has 4 nitrogen and oxygen atoms in total. The zero-order valence-electron chi connectivity index (χ0n) is 9.85. The predicted octanol–water partition coefficient (Wildman–Crippen LogP) is 2.38. The van der Waals surface area contributed by atoms with Crippen LogP contribution in [0.2, 0.25) is 0 Å². The number of carbonyl (C=O) groups is 1. The summed E-state index contributed by atoms with van der Waals surface area (Å²) in [4.78, 5) is 10.8. The Morgan fingerprint density at radius 1 is 1.41 bits per heavy atom. The van der Waals surface area contributed by atoms with Crippen molar-refractivity contribution in [2.75, 3.05) is 6.61 Å². The second-order valence-corrected chi connectivity index (χ2v) is 3.58. The quantitative estimate of drug-likeness (QED) is 0.344. The molecule has 1 rings (SSSR count). The molecule has 1 aromatic carbocycles. The fourth-order valence-electron chi connectivity index (χ4n) is 1.22. The van der Waals surface area contributed by atoms with Gasteiger partial charge in [-0.3, -0.25) is 10.0 Å². The lowest BCUT2D eigenvalue weighted by Crippen LogP contribution is -2.14. The van der Waals surface area contributed by atoms with Gasteiger partial charge in [0.1, 0.15) is 5.75 Å². The molecular weight excluding hydrogens is 218 g/mol. The zero-order valence-corrected chi connectivity index (χ0v) is 9.85. The first-order valence-corrected chi connectivity index (χ1v) is 5.61. The molecule has 0 aliphatic rings. The van der Waals surface area contributed by atoms with E-state index in [1.165, 1.54) is 11.6 Å². The minimum atomic E-state index is -0.548. The standard InChI is InChI=1S/C13H17NO3/c1-2-3-10-17-12-7-4-11(5-8-12)6-9-13(15)14-16/h4-9,16H,2-3,10H2,1H3,(H,14,15)/b9-6+. The summed E-state index contributed by atoms with van der Waals surface area (Å²) in [6, 6.07) is 7.41. The van der Waals surface area contributed by atoms with E-state index in [1.807, 2.05) is 24.3 Å². The topological polar surface area (TPSA) is 58.6 Å². The van der Waals surface area contributed by atoms with Gasteiger partial charge in [0.15, 0.2) is 0 Å². The van der Waals surface area contributed by atoms with Crippen molar-refractivity contribution in [3.8, 4) is 5.75 Å². The SMILES string of the molecule is CCCCOc1ccc(/C=C/C(=O)NO)cc1. The highest BCUT2D eigenvalue weighted by molar-refractivity contribution is 5.90. The molecule has 0 heterocycles. The van der Waals surface area contributed by atoms with Crippen molar-refractivity contribution in [2.45, 2.75) is 19.8 Å². The summed E-state index contributed by atoms with van der Waals surface area (Å²) < 4.78 is 5.50. The number of nitrogens with one attached hydrogen (secondary N) is 1. The van der Waals surface area contributed by atoms with Gasteiger partial charge in [0, 0.05) is 6.08 Å². The van der Waals surface area contributed by atoms with Crippen LogP contribution in [0.25, 0.3) is 6.08 Å². The Kier molecular flexibility index (Phi) is 5.82. The fourth-order valence-corrected chi connectivity index (χ4v) is 1.22. The molecule has 1 aromatic rings. The van der Waals surface area contributed by atoms with Crippen molar-refractivity contribution in [3.05, 3.63) is 35.9 Å². The molecule has 92 valence electrons. The summed E-state index contributed by atoms with van der Waals surface area (Å²) in [5.41, 5.74) is 2.40. The molecule has 1 amide bonds. The Morgan fingerprint density at radius 2 is 2.12 bits per heavy atom. The fraction of sp³-hybridized carbons (Fsp3) is 0.308. The lowest BCUT2D eigenvalue weighted by Gasteiger charge is -2.04.